The molecule has 1 aromatic carbocycles. The van der Waals surface area contributed by atoms with Crippen LogP contribution in [0.3, 0.4) is 0 Å². The van der Waals surface area contributed by atoms with Crippen molar-refractivity contribution in [1.29, 1.82) is 0 Å². The van der Waals surface area contributed by atoms with Crippen molar-refractivity contribution in [2.45, 2.75) is 25.9 Å². The zero-order valence-electron chi connectivity index (χ0n) is 8.56. The zero-order valence-corrected chi connectivity index (χ0v) is 10.1. The molecule has 1 atom stereocenters. The van der Waals surface area contributed by atoms with Gasteiger partial charge in [0.15, 0.2) is 0 Å². The van der Waals surface area contributed by atoms with E-state index in [-0.39, 0.29) is 11.9 Å². The van der Waals surface area contributed by atoms with Gasteiger partial charge in [-0.1, -0.05) is 34.8 Å². The first-order valence-corrected chi connectivity index (χ1v) is 5.60. The third-order valence-corrected chi connectivity index (χ3v) is 2.90. The van der Waals surface area contributed by atoms with Crippen molar-refractivity contribution in [3.63, 3.8) is 0 Å². The van der Waals surface area contributed by atoms with Gasteiger partial charge in [0.25, 0.3) is 0 Å². The topological polar surface area (TPSA) is 12.0 Å². The molecule has 80 valence electrons. The van der Waals surface area contributed by atoms with Crippen LogP contribution in [-0.4, -0.2) is 6.04 Å². The van der Waals surface area contributed by atoms with Gasteiger partial charge < -0.3 is 0 Å². The minimum atomic E-state index is -0.241. The van der Waals surface area contributed by atoms with Gasteiger partial charge >= 0.3 is 0 Å². The molecule has 1 unspecified atom stereocenters. The Labute approximate surface area is 98.2 Å². The fourth-order valence-corrected chi connectivity index (χ4v) is 1.71. The number of nitrogens with one attached hydrogen (secondary N) is 1. The van der Waals surface area contributed by atoms with E-state index in [1.165, 1.54) is 12.1 Å². The Hall–Kier alpha value is -0.850. The Morgan fingerprint density at radius 3 is 2.87 bits per heavy atom. The highest BCUT2D eigenvalue weighted by Gasteiger charge is 2.04. The molecule has 0 bridgehead atoms. The van der Waals surface area contributed by atoms with E-state index < -0.39 is 0 Å². The minimum absolute atomic E-state index is 0.0713. The normalized spacial score (nSPS) is 12.1. The Morgan fingerprint density at radius 2 is 2.33 bits per heavy atom. The van der Waals surface area contributed by atoms with Gasteiger partial charge in [-0.15, -0.1) is 6.42 Å². The lowest BCUT2D eigenvalue weighted by Gasteiger charge is -2.11. The van der Waals surface area contributed by atoms with E-state index in [2.05, 4.69) is 27.2 Å². The van der Waals surface area contributed by atoms with E-state index in [9.17, 15) is 4.39 Å². The van der Waals surface area contributed by atoms with Crippen LogP contribution in [0.15, 0.2) is 22.7 Å². The minimum Gasteiger partial charge on any atom is -0.300 e. The molecular weight excluding hydrogens is 257 g/mol. The first-order valence-electron chi connectivity index (χ1n) is 4.80. The number of rotatable bonds is 4. The number of halogens is 2. The summed E-state index contributed by atoms with van der Waals surface area (Å²) in [7, 11) is 0. The Bertz CT molecular complexity index is 370. The molecule has 1 rings (SSSR count). The van der Waals surface area contributed by atoms with Crippen LogP contribution in [0.1, 0.15) is 18.9 Å². The molecule has 0 heterocycles. The lowest BCUT2D eigenvalue weighted by Crippen LogP contribution is -2.26. The first kappa shape index (κ1) is 12.2. The second-order valence-electron chi connectivity index (χ2n) is 3.24. The van der Waals surface area contributed by atoms with Crippen molar-refractivity contribution >= 4 is 15.9 Å². The molecule has 0 aliphatic heterocycles. The predicted octanol–water partition coefficient (Wildman–Crippen LogP) is 3.09. The van der Waals surface area contributed by atoms with Gasteiger partial charge in [0.2, 0.25) is 0 Å². The molecular formula is C12H13BrFN. The van der Waals surface area contributed by atoms with Gasteiger partial charge in [0, 0.05) is 11.0 Å². The summed E-state index contributed by atoms with van der Waals surface area (Å²) in [5, 5.41) is 3.21. The molecule has 1 aromatic rings. The maximum absolute atomic E-state index is 12.8. The summed E-state index contributed by atoms with van der Waals surface area (Å²) in [6, 6.07) is 4.71. The molecule has 1 nitrogen and oxygen atoms in total. The smallest absolute Gasteiger partial charge is 0.124 e. The van der Waals surface area contributed by atoms with E-state index in [1.807, 2.05) is 6.92 Å². The molecule has 0 aliphatic carbocycles. The molecule has 0 amide bonds. The van der Waals surface area contributed by atoms with E-state index in [0.29, 0.717) is 6.54 Å². The molecule has 0 aliphatic rings. The largest absolute Gasteiger partial charge is 0.300 e. The van der Waals surface area contributed by atoms with E-state index in [1.54, 1.807) is 6.07 Å². The van der Waals surface area contributed by atoms with Crippen LogP contribution in [0.4, 0.5) is 4.39 Å². The number of terminal acetylenes is 1. The standard InChI is InChI=1S/C12H13BrFN/c1-3-11(4-2)15-8-9-5-6-10(14)7-12(9)13/h1,5-7,11,15H,4,8H2,2H3. The Balaban J connectivity index is 2.62. The first-order chi connectivity index (χ1) is 7.17. The van der Waals surface area contributed by atoms with E-state index in [0.717, 1.165) is 16.5 Å². The average molecular weight is 270 g/mol. The summed E-state index contributed by atoms with van der Waals surface area (Å²) in [5.41, 5.74) is 1.00. The van der Waals surface area contributed by atoms with Crippen LogP contribution in [0.2, 0.25) is 0 Å². The summed E-state index contributed by atoms with van der Waals surface area (Å²) >= 11 is 3.31. The average Bonchev–Trinajstić information content (AvgIpc) is 2.22. The van der Waals surface area contributed by atoms with Gasteiger partial charge in [0.1, 0.15) is 5.82 Å². The summed E-state index contributed by atoms with van der Waals surface area (Å²) in [4.78, 5) is 0. The predicted molar refractivity (Wildman–Crippen MR) is 63.9 cm³/mol. The second-order valence-corrected chi connectivity index (χ2v) is 4.10. The van der Waals surface area contributed by atoms with Gasteiger partial charge in [0.05, 0.1) is 6.04 Å². The molecule has 0 saturated heterocycles. The summed E-state index contributed by atoms with van der Waals surface area (Å²) in [6.45, 7) is 2.67. The molecule has 3 heteroatoms. The highest BCUT2D eigenvalue weighted by atomic mass is 79.9. The molecule has 15 heavy (non-hydrogen) atoms. The van der Waals surface area contributed by atoms with Gasteiger partial charge in [-0.25, -0.2) is 4.39 Å². The molecule has 0 saturated carbocycles. The fraction of sp³-hybridized carbons (Fsp3) is 0.333. The maximum Gasteiger partial charge on any atom is 0.124 e. The maximum atomic E-state index is 12.8. The van der Waals surface area contributed by atoms with Gasteiger partial charge in [-0.05, 0) is 24.1 Å². The SMILES string of the molecule is C#CC(CC)NCc1ccc(F)cc1Br. The van der Waals surface area contributed by atoms with Crippen LogP contribution in [0.25, 0.3) is 0 Å². The summed E-state index contributed by atoms with van der Waals surface area (Å²) < 4.78 is 13.6. The molecule has 0 spiro atoms. The fourth-order valence-electron chi connectivity index (χ4n) is 1.22. The summed E-state index contributed by atoms with van der Waals surface area (Å²) in [6.07, 6.45) is 6.21. The van der Waals surface area contributed by atoms with Crippen molar-refractivity contribution < 1.29 is 4.39 Å². The Morgan fingerprint density at radius 1 is 1.60 bits per heavy atom. The van der Waals surface area contributed by atoms with Crippen LogP contribution < -0.4 is 5.32 Å². The highest BCUT2D eigenvalue weighted by molar-refractivity contribution is 9.10. The third kappa shape index (κ3) is 3.65. The van der Waals surface area contributed by atoms with E-state index >= 15 is 0 Å². The Kier molecular flexibility index (Phi) is 4.80. The monoisotopic (exact) mass is 269 g/mol. The lowest BCUT2D eigenvalue weighted by atomic mass is 10.2. The van der Waals surface area contributed by atoms with Crippen molar-refractivity contribution in [2.24, 2.45) is 0 Å². The quantitative estimate of drug-likeness (QED) is 0.829. The number of hydrogen-bond donors (Lipinski definition) is 1. The van der Waals surface area contributed by atoms with Crippen molar-refractivity contribution in [3.05, 3.63) is 34.1 Å². The van der Waals surface area contributed by atoms with Crippen molar-refractivity contribution in [2.75, 3.05) is 0 Å². The van der Waals surface area contributed by atoms with Crippen LogP contribution in [0, 0.1) is 18.2 Å². The molecule has 0 radical (unpaired) electrons. The molecule has 0 fully saturated rings. The van der Waals surface area contributed by atoms with Crippen LogP contribution >= 0.6 is 15.9 Å². The number of benzene rings is 1. The van der Waals surface area contributed by atoms with E-state index in [4.69, 9.17) is 6.42 Å². The van der Waals surface area contributed by atoms with Gasteiger partial charge in [-0.3, -0.25) is 5.32 Å². The molecule has 0 aromatic heterocycles. The van der Waals surface area contributed by atoms with Crippen molar-refractivity contribution in [1.82, 2.24) is 5.32 Å². The zero-order chi connectivity index (χ0) is 11.3. The number of hydrogen-bond acceptors (Lipinski definition) is 1. The molecule has 1 N–H and O–H groups in total. The van der Waals surface area contributed by atoms with Crippen molar-refractivity contribution in [3.8, 4) is 12.3 Å². The second kappa shape index (κ2) is 5.89. The summed E-state index contributed by atoms with van der Waals surface area (Å²) in [5.74, 6) is 2.41. The highest BCUT2D eigenvalue weighted by Crippen LogP contribution is 2.17. The van der Waals surface area contributed by atoms with Gasteiger partial charge in [-0.2, -0.15) is 0 Å². The lowest BCUT2D eigenvalue weighted by molar-refractivity contribution is 0.588. The van der Waals surface area contributed by atoms with Crippen LogP contribution in [-0.2, 0) is 6.54 Å². The van der Waals surface area contributed by atoms with Crippen LogP contribution in [0.5, 0.6) is 0 Å². The third-order valence-electron chi connectivity index (χ3n) is 2.16.